The second-order valence-electron chi connectivity index (χ2n) is 3.22. The summed E-state index contributed by atoms with van der Waals surface area (Å²) >= 11 is 0. The second-order valence-corrected chi connectivity index (χ2v) is 3.22. The van der Waals surface area contributed by atoms with E-state index in [1.54, 1.807) is 0 Å². The van der Waals surface area contributed by atoms with Crippen LogP contribution < -0.4 is 5.73 Å². The molecule has 0 saturated heterocycles. The standard InChI is InChI=1S/C11H14N2/c1-9-4-5-11(12)10(8-9)6-7-13(2)3/h4-5,8H,12H2,1-3H3. The number of nitrogens with zero attached hydrogens (tertiary/aromatic N) is 1. The van der Waals surface area contributed by atoms with E-state index in [-0.39, 0.29) is 0 Å². The molecule has 0 aromatic heterocycles. The number of anilines is 1. The van der Waals surface area contributed by atoms with Gasteiger partial charge < -0.3 is 10.6 Å². The van der Waals surface area contributed by atoms with Gasteiger partial charge in [0.25, 0.3) is 0 Å². The molecule has 0 atom stereocenters. The Morgan fingerprint density at radius 2 is 2.00 bits per heavy atom. The fraction of sp³-hybridized carbons (Fsp3) is 0.273. The van der Waals surface area contributed by atoms with Crippen molar-refractivity contribution in [2.24, 2.45) is 0 Å². The van der Waals surface area contributed by atoms with Gasteiger partial charge in [0.05, 0.1) is 0 Å². The summed E-state index contributed by atoms with van der Waals surface area (Å²) in [5.41, 5.74) is 8.57. The van der Waals surface area contributed by atoms with Crippen LogP contribution in [0.5, 0.6) is 0 Å². The highest BCUT2D eigenvalue weighted by molar-refractivity contribution is 5.56. The lowest BCUT2D eigenvalue weighted by atomic mass is 10.1. The van der Waals surface area contributed by atoms with Crippen molar-refractivity contribution in [3.8, 4) is 12.0 Å². The molecule has 2 N–H and O–H groups in total. The molecule has 0 heterocycles. The van der Waals surface area contributed by atoms with Crippen LogP contribution in [0.1, 0.15) is 11.1 Å². The molecule has 0 saturated carbocycles. The van der Waals surface area contributed by atoms with Gasteiger partial charge in [0, 0.05) is 31.4 Å². The third-order valence-electron chi connectivity index (χ3n) is 1.62. The highest BCUT2D eigenvalue weighted by Crippen LogP contribution is 2.11. The molecule has 13 heavy (non-hydrogen) atoms. The molecule has 0 aliphatic rings. The summed E-state index contributed by atoms with van der Waals surface area (Å²) in [4.78, 5) is 1.81. The molecule has 0 aliphatic carbocycles. The van der Waals surface area contributed by atoms with Crippen LogP contribution in [0.2, 0.25) is 0 Å². The summed E-state index contributed by atoms with van der Waals surface area (Å²) in [6.07, 6.45) is 0. The highest BCUT2D eigenvalue weighted by Gasteiger charge is 1.94. The fourth-order valence-corrected chi connectivity index (χ4v) is 0.950. The van der Waals surface area contributed by atoms with Gasteiger partial charge in [0.15, 0.2) is 0 Å². The predicted octanol–water partition coefficient (Wildman–Crippen LogP) is 1.45. The van der Waals surface area contributed by atoms with Crippen molar-refractivity contribution in [1.82, 2.24) is 4.90 Å². The van der Waals surface area contributed by atoms with Crippen molar-refractivity contribution in [3.63, 3.8) is 0 Å². The van der Waals surface area contributed by atoms with E-state index < -0.39 is 0 Å². The van der Waals surface area contributed by atoms with Crippen LogP contribution in [0, 0.1) is 18.9 Å². The maximum absolute atomic E-state index is 5.75. The Morgan fingerprint density at radius 1 is 1.31 bits per heavy atom. The van der Waals surface area contributed by atoms with Gasteiger partial charge in [-0.1, -0.05) is 6.07 Å². The average Bonchev–Trinajstić information content (AvgIpc) is 2.06. The Morgan fingerprint density at radius 3 is 2.62 bits per heavy atom. The first kappa shape index (κ1) is 9.47. The third kappa shape index (κ3) is 2.72. The SMILES string of the molecule is Cc1ccc(N)c(C#CN(C)C)c1. The number of aryl methyl sites for hydroxylation is 1. The minimum absolute atomic E-state index is 0.736. The van der Waals surface area contributed by atoms with Crippen LogP contribution in [0.25, 0.3) is 0 Å². The van der Waals surface area contributed by atoms with Gasteiger partial charge in [0.2, 0.25) is 0 Å². The lowest BCUT2D eigenvalue weighted by molar-refractivity contribution is 0.597. The van der Waals surface area contributed by atoms with Crippen molar-refractivity contribution < 1.29 is 0 Å². The number of rotatable bonds is 0. The molecule has 0 spiro atoms. The van der Waals surface area contributed by atoms with Crippen molar-refractivity contribution >= 4 is 5.69 Å². The quantitative estimate of drug-likeness (QED) is 0.366. The first-order chi connectivity index (χ1) is 6.09. The summed E-state index contributed by atoms with van der Waals surface area (Å²) < 4.78 is 0. The molecule has 1 aromatic carbocycles. The average molecular weight is 174 g/mol. The van der Waals surface area contributed by atoms with Crippen LogP contribution in [-0.2, 0) is 0 Å². The molecule has 0 radical (unpaired) electrons. The van der Waals surface area contributed by atoms with Gasteiger partial charge in [-0.2, -0.15) is 0 Å². The van der Waals surface area contributed by atoms with Crippen LogP contribution in [-0.4, -0.2) is 19.0 Å². The van der Waals surface area contributed by atoms with E-state index in [1.807, 2.05) is 44.1 Å². The van der Waals surface area contributed by atoms with Crippen LogP contribution >= 0.6 is 0 Å². The minimum Gasteiger partial charge on any atom is -0.398 e. The summed E-state index contributed by atoms with van der Waals surface area (Å²) in [6, 6.07) is 8.79. The van der Waals surface area contributed by atoms with Crippen molar-refractivity contribution in [2.75, 3.05) is 19.8 Å². The predicted molar refractivity (Wildman–Crippen MR) is 56.2 cm³/mol. The Labute approximate surface area is 79.4 Å². The van der Waals surface area contributed by atoms with Crippen LogP contribution in [0.15, 0.2) is 18.2 Å². The number of hydrogen-bond donors (Lipinski definition) is 1. The second kappa shape index (κ2) is 3.86. The zero-order valence-electron chi connectivity index (χ0n) is 8.26. The highest BCUT2D eigenvalue weighted by atomic mass is 15.0. The van der Waals surface area contributed by atoms with E-state index >= 15 is 0 Å². The lowest BCUT2D eigenvalue weighted by Gasteiger charge is -2.01. The van der Waals surface area contributed by atoms with E-state index in [2.05, 4.69) is 12.0 Å². The molecule has 2 heteroatoms. The summed E-state index contributed by atoms with van der Waals surface area (Å²) in [5.74, 6) is 3.00. The number of hydrogen-bond acceptors (Lipinski definition) is 2. The molecule has 0 aliphatic heterocycles. The van der Waals surface area contributed by atoms with Gasteiger partial charge in [-0.3, -0.25) is 0 Å². The normalized spacial score (nSPS) is 8.85. The molecular formula is C11H14N2. The van der Waals surface area contributed by atoms with Gasteiger partial charge in [-0.05, 0) is 30.5 Å². The first-order valence-electron chi connectivity index (χ1n) is 4.14. The maximum Gasteiger partial charge on any atom is 0.0496 e. The fourth-order valence-electron chi connectivity index (χ4n) is 0.950. The number of benzene rings is 1. The molecule has 1 rings (SSSR count). The zero-order chi connectivity index (χ0) is 9.84. The van der Waals surface area contributed by atoms with Crippen molar-refractivity contribution in [3.05, 3.63) is 29.3 Å². The molecule has 1 aromatic rings. The molecule has 0 amide bonds. The molecule has 0 unspecified atom stereocenters. The third-order valence-corrected chi connectivity index (χ3v) is 1.62. The Bertz CT molecular complexity index is 356. The lowest BCUT2D eigenvalue weighted by Crippen LogP contribution is -2.01. The van der Waals surface area contributed by atoms with Gasteiger partial charge >= 0.3 is 0 Å². The summed E-state index contributed by atoms with van der Waals surface area (Å²) in [6.45, 7) is 2.03. The molecular weight excluding hydrogens is 160 g/mol. The van der Waals surface area contributed by atoms with E-state index in [1.165, 1.54) is 5.56 Å². The zero-order valence-corrected chi connectivity index (χ0v) is 8.26. The molecule has 2 nitrogen and oxygen atoms in total. The Hall–Kier alpha value is -1.62. The van der Waals surface area contributed by atoms with Crippen molar-refractivity contribution in [2.45, 2.75) is 6.92 Å². The molecule has 68 valence electrons. The van der Waals surface area contributed by atoms with Crippen LogP contribution in [0.4, 0.5) is 5.69 Å². The minimum atomic E-state index is 0.736. The number of nitrogens with two attached hydrogens (primary N) is 1. The summed E-state index contributed by atoms with van der Waals surface area (Å²) in [5, 5.41) is 0. The van der Waals surface area contributed by atoms with E-state index in [0.717, 1.165) is 11.3 Å². The largest absolute Gasteiger partial charge is 0.398 e. The van der Waals surface area contributed by atoms with E-state index in [0.29, 0.717) is 0 Å². The number of nitrogen functional groups attached to an aromatic ring is 1. The molecule has 0 bridgehead atoms. The topological polar surface area (TPSA) is 29.3 Å². The van der Waals surface area contributed by atoms with Gasteiger partial charge in [0.1, 0.15) is 0 Å². The van der Waals surface area contributed by atoms with E-state index in [4.69, 9.17) is 5.73 Å². The maximum atomic E-state index is 5.75. The first-order valence-corrected chi connectivity index (χ1v) is 4.14. The Balaban J connectivity index is 3.02. The van der Waals surface area contributed by atoms with Gasteiger partial charge in [-0.25, -0.2) is 0 Å². The van der Waals surface area contributed by atoms with E-state index in [9.17, 15) is 0 Å². The van der Waals surface area contributed by atoms with Crippen molar-refractivity contribution in [1.29, 1.82) is 0 Å². The smallest absolute Gasteiger partial charge is 0.0496 e. The van der Waals surface area contributed by atoms with Gasteiger partial charge in [-0.15, -0.1) is 0 Å². The summed E-state index contributed by atoms with van der Waals surface area (Å²) in [7, 11) is 3.80. The Kier molecular flexibility index (Phi) is 2.81. The molecule has 0 fully saturated rings. The van der Waals surface area contributed by atoms with Crippen LogP contribution in [0.3, 0.4) is 0 Å². The monoisotopic (exact) mass is 174 g/mol.